The van der Waals surface area contributed by atoms with E-state index in [1.807, 2.05) is 12.1 Å². The molecule has 15 nitrogen and oxygen atoms in total. The first-order valence-electron chi connectivity index (χ1n) is 21.2. The SMILES string of the molecule is COc1ccc(C[C@H](NC(=O)CCC2CCCCC2)C(=O)NCC(=O)NC[C@H](C)C(=O)O)cc1.C[C@@H](CNC(=O)CCNC(=O)CCCCC1CCCCC1)C(=O)O. The molecule has 0 heterocycles. The third kappa shape index (κ3) is 22.3. The van der Waals surface area contributed by atoms with Crippen LogP contribution < -0.4 is 31.3 Å². The molecule has 0 bridgehead atoms. The van der Waals surface area contributed by atoms with Gasteiger partial charge >= 0.3 is 11.9 Å². The summed E-state index contributed by atoms with van der Waals surface area (Å²) in [7, 11) is 1.57. The molecule has 1 aromatic rings. The maximum atomic E-state index is 12.8. The Morgan fingerprint density at radius 3 is 1.72 bits per heavy atom. The van der Waals surface area contributed by atoms with Crippen LogP contribution in [0.1, 0.15) is 129 Å². The van der Waals surface area contributed by atoms with Crippen LogP contribution in [0.3, 0.4) is 0 Å². The average molecular weight is 816 g/mol. The van der Waals surface area contributed by atoms with Crippen molar-refractivity contribution in [2.45, 2.75) is 135 Å². The molecule has 0 aromatic heterocycles. The topological polar surface area (TPSA) is 229 Å². The third-order valence-corrected chi connectivity index (χ3v) is 10.9. The molecule has 0 aliphatic heterocycles. The van der Waals surface area contributed by atoms with Gasteiger partial charge in [0.05, 0.1) is 25.5 Å². The number of carboxylic acids is 2. The average Bonchev–Trinajstić information content (AvgIpc) is 3.22. The Balaban J connectivity index is 0.000000426. The van der Waals surface area contributed by atoms with Gasteiger partial charge in [-0.1, -0.05) is 103 Å². The van der Waals surface area contributed by atoms with Crippen LogP contribution in [0.5, 0.6) is 5.75 Å². The summed E-state index contributed by atoms with van der Waals surface area (Å²) >= 11 is 0. The van der Waals surface area contributed by atoms with Crippen molar-refractivity contribution in [3.63, 3.8) is 0 Å². The quantitative estimate of drug-likeness (QED) is 0.0723. The van der Waals surface area contributed by atoms with Crippen LogP contribution >= 0.6 is 0 Å². The molecule has 0 spiro atoms. The van der Waals surface area contributed by atoms with Gasteiger partial charge in [-0.2, -0.15) is 0 Å². The summed E-state index contributed by atoms with van der Waals surface area (Å²) in [6.07, 6.45) is 18.2. The molecule has 3 rings (SSSR count). The maximum absolute atomic E-state index is 12.8. The van der Waals surface area contributed by atoms with E-state index in [0.717, 1.165) is 43.6 Å². The number of methoxy groups -OCH3 is 1. The number of ether oxygens (including phenoxy) is 1. The lowest BCUT2D eigenvalue weighted by Crippen LogP contribution is -2.50. The van der Waals surface area contributed by atoms with Crippen molar-refractivity contribution in [3.8, 4) is 5.75 Å². The van der Waals surface area contributed by atoms with Crippen molar-refractivity contribution < 1.29 is 48.5 Å². The highest BCUT2D eigenvalue weighted by Gasteiger charge is 2.23. The molecule has 0 radical (unpaired) electrons. The van der Waals surface area contributed by atoms with Gasteiger partial charge in [0.15, 0.2) is 0 Å². The maximum Gasteiger partial charge on any atom is 0.308 e. The lowest BCUT2D eigenvalue weighted by Gasteiger charge is -2.22. The van der Waals surface area contributed by atoms with Gasteiger partial charge in [-0.15, -0.1) is 0 Å². The van der Waals surface area contributed by atoms with E-state index in [9.17, 15) is 33.6 Å². The van der Waals surface area contributed by atoms with Gasteiger partial charge in [-0.05, 0) is 42.4 Å². The third-order valence-electron chi connectivity index (χ3n) is 10.9. The van der Waals surface area contributed by atoms with Crippen molar-refractivity contribution in [2.75, 3.05) is 33.3 Å². The molecule has 3 atom stereocenters. The Morgan fingerprint density at radius 1 is 0.638 bits per heavy atom. The van der Waals surface area contributed by atoms with E-state index in [1.165, 1.54) is 71.6 Å². The van der Waals surface area contributed by atoms with Gasteiger partial charge in [0, 0.05) is 45.3 Å². The Kier molecular flexibility index (Phi) is 24.4. The van der Waals surface area contributed by atoms with Crippen LogP contribution in [0.4, 0.5) is 0 Å². The summed E-state index contributed by atoms with van der Waals surface area (Å²) in [6.45, 7) is 3.10. The van der Waals surface area contributed by atoms with Gasteiger partial charge in [0.2, 0.25) is 29.5 Å². The fraction of sp³-hybridized carbons (Fsp3) is 0.698. The summed E-state index contributed by atoms with van der Waals surface area (Å²) in [5, 5.41) is 30.8. The molecular formula is C43H69N5O10. The van der Waals surface area contributed by atoms with E-state index in [2.05, 4.69) is 26.6 Å². The highest BCUT2D eigenvalue weighted by molar-refractivity contribution is 5.91. The van der Waals surface area contributed by atoms with E-state index in [-0.39, 0.29) is 50.2 Å². The number of carbonyl (C=O) groups is 7. The number of carbonyl (C=O) groups excluding carboxylic acids is 5. The fourth-order valence-corrected chi connectivity index (χ4v) is 7.03. The summed E-state index contributed by atoms with van der Waals surface area (Å²) in [5.74, 6) is -2.56. The first-order chi connectivity index (χ1) is 27.8. The van der Waals surface area contributed by atoms with Crippen molar-refractivity contribution in [1.82, 2.24) is 26.6 Å². The standard InChI is InChI=1S/C25H37N3O6.C18H32N2O4/c1-17(25(32)33)15-26-23(30)16-27-24(31)21(14-19-8-11-20(34-2)12-9-19)28-22(29)13-10-18-6-4-3-5-7-18;1-14(18(23)24)13-20-17(22)11-12-19-16(21)10-6-5-9-15-7-3-2-4-8-15/h8-9,11-12,17-18,21H,3-7,10,13-16H2,1-2H3,(H,26,30)(H,27,31)(H,28,29)(H,32,33);14-15H,2-13H2,1H3,(H,19,21)(H,20,22)(H,23,24)/t17-,21-;14-/m00/s1. The molecule has 2 aliphatic carbocycles. The zero-order valence-corrected chi connectivity index (χ0v) is 34.9. The van der Waals surface area contributed by atoms with Gasteiger partial charge in [-0.25, -0.2) is 0 Å². The molecule has 2 saturated carbocycles. The van der Waals surface area contributed by atoms with Crippen molar-refractivity contribution in [1.29, 1.82) is 0 Å². The molecule has 2 aliphatic rings. The molecule has 7 N–H and O–H groups in total. The highest BCUT2D eigenvalue weighted by atomic mass is 16.5. The smallest absolute Gasteiger partial charge is 0.308 e. The lowest BCUT2D eigenvalue weighted by atomic mass is 9.85. The monoisotopic (exact) mass is 816 g/mol. The van der Waals surface area contributed by atoms with Crippen LogP contribution in [0.25, 0.3) is 0 Å². The van der Waals surface area contributed by atoms with Crippen LogP contribution in [0, 0.1) is 23.7 Å². The zero-order chi connectivity index (χ0) is 42.7. The van der Waals surface area contributed by atoms with E-state index < -0.39 is 41.6 Å². The van der Waals surface area contributed by atoms with Gasteiger partial charge < -0.3 is 41.5 Å². The number of rotatable bonds is 24. The molecule has 15 heteroatoms. The molecule has 0 saturated heterocycles. The van der Waals surface area contributed by atoms with Gasteiger partial charge in [0.1, 0.15) is 11.8 Å². The van der Waals surface area contributed by atoms with Crippen LogP contribution in [0.15, 0.2) is 24.3 Å². The molecule has 58 heavy (non-hydrogen) atoms. The zero-order valence-electron chi connectivity index (χ0n) is 34.9. The predicted molar refractivity (Wildman–Crippen MR) is 220 cm³/mol. The second-order valence-electron chi connectivity index (χ2n) is 15.9. The molecule has 0 unspecified atom stereocenters. The number of hydrogen-bond acceptors (Lipinski definition) is 8. The Hall–Kier alpha value is -4.69. The largest absolute Gasteiger partial charge is 0.497 e. The number of carboxylic acid groups (broad SMARTS) is 2. The van der Waals surface area contributed by atoms with E-state index >= 15 is 0 Å². The summed E-state index contributed by atoms with van der Waals surface area (Å²) < 4.78 is 5.16. The first kappa shape index (κ1) is 49.5. The van der Waals surface area contributed by atoms with Gasteiger partial charge in [-0.3, -0.25) is 33.6 Å². The number of benzene rings is 1. The first-order valence-corrected chi connectivity index (χ1v) is 21.2. The highest BCUT2D eigenvalue weighted by Crippen LogP contribution is 2.28. The lowest BCUT2D eigenvalue weighted by molar-refractivity contribution is -0.142. The molecule has 1 aromatic carbocycles. The summed E-state index contributed by atoms with van der Waals surface area (Å²) in [5.41, 5.74) is 0.841. The molecule has 5 amide bonds. The Labute approximate surface area is 344 Å². The van der Waals surface area contributed by atoms with E-state index in [4.69, 9.17) is 14.9 Å². The van der Waals surface area contributed by atoms with Crippen LogP contribution in [-0.2, 0) is 40.0 Å². The fourth-order valence-electron chi connectivity index (χ4n) is 7.03. The number of unbranched alkanes of at least 4 members (excludes halogenated alkanes) is 1. The van der Waals surface area contributed by atoms with Crippen molar-refractivity contribution in [3.05, 3.63) is 29.8 Å². The number of hydrogen-bond donors (Lipinski definition) is 7. The molecule has 2 fully saturated rings. The van der Waals surface area contributed by atoms with Crippen molar-refractivity contribution in [2.24, 2.45) is 23.7 Å². The Bertz CT molecular complexity index is 1430. The normalized spacial score (nSPS) is 15.9. The predicted octanol–water partition coefficient (Wildman–Crippen LogP) is 4.51. The Morgan fingerprint density at radius 2 is 1.17 bits per heavy atom. The minimum atomic E-state index is -1.01. The van der Waals surface area contributed by atoms with Crippen molar-refractivity contribution >= 4 is 41.5 Å². The number of nitrogens with one attached hydrogen (secondary N) is 5. The second-order valence-corrected chi connectivity index (χ2v) is 15.9. The summed E-state index contributed by atoms with van der Waals surface area (Å²) in [4.78, 5) is 82.2. The number of aliphatic carboxylic acids is 2. The molecule has 326 valence electrons. The number of amides is 5. The second kappa shape index (κ2) is 28.7. The minimum absolute atomic E-state index is 0.00894. The molecular weight excluding hydrogens is 746 g/mol. The van der Waals surface area contributed by atoms with Crippen LogP contribution in [-0.4, -0.2) is 91.0 Å². The summed E-state index contributed by atoms with van der Waals surface area (Å²) in [6, 6.07) is 6.39. The van der Waals surface area contributed by atoms with E-state index in [1.54, 1.807) is 19.2 Å². The van der Waals surface area contributed by atoms with E-state index in [0.29, 0.717) is 31.1 Å². The van der Waals surface area contributed by atoms with Gasteiger partial charge in [0.25, 0.3) is 0 Å². The minimum Gasteiger partial charge on any atom is -0.497 e. The van der Waals surface area contributed by atoms with Crippen LogP contribution in [0.2, 0.25) is 0 Å².